The van der Waals surface area contributed by atoms with Gasteiger partial charge >= 0.3 is 6.01 Å². The second kappa shape index (κ2) is 7.70. The highest BCUT2D eigenvalue weighted by molar-refractivity contribution is 5.36. The zero-order valence-electron chi connectivity index (χ0n) is 15.1. The van der Waals surface area contributed by atoms with Crippen LogP contribution in [-0.2, 0) is 6.61 Å². The zero-order valence-corrected chi connectivity index (χ0v) is 15.1. The maximum Gasteiger partial charge on any atom is 0.316 e. The number of aryl methyl sites for hydroxylation is 1. The van der Waals surface area contributed by atoms with Gasteiger partial charge in [0.15, 0.2) is 0 Å². The predicted molar refractivity (Wildman–Crippen MR) is 94.5 cm³/mol. The summed E-state index contributed by atoms with van der Waals surface area (Å²) in [6.07, 6.45) is 5.23. The van der Waals surface area contributed by atoms with E-state index in [1.807, 2.05) is 11.5 Å². The summed E-state index contributed by atoms with van der Waals surface area (Å²) in [7, 11) is 0. The van der Waals surface area contributed by atoms with Crippen LogP contribution in [0.4, 0.5) is 13.2 Å². The normalized spacial score (nSPS) is 11.2. The third-order valence-corrected chi connectivity index (χ3v) is 4.09. The van der Waals surface area contributed by atoms with E-state index < -0.39 is 17.8 Å². The number of hydrogen-bond donors (Lipinski definition) is 0. The second-order valence-corrected chi connectivity index (χ2v) is 6.02. The summed E-state index contributed by atoms with van der Waals surface area (Å²) < 4.78 is 47.7. The summed E-state index contributed by atoms with van der Waals surface area (Å²) in [6.45, 7) is 1.88. The van der Waals surface area contributed by atoms with E-state index in [0.29, 0.717) is 5.69 Å². The van der Waals surface area contributed by atoms with Crippen molar-refractivity contribution in [2.24, 2.45) is 0 Å². The van der Waals surface area contributed by atoms with E-state index in [2.05, 4.69) is 25.3 Å². The van der Waals surface area contributed by atoms with Crippen LogP contribution >= 0.6 is 0 Å². The number of aromatic nitrogens is 7. The fraction of sp³-hybridized carbons (Fsp3) is 0.167. The molecule has 3 aromatic heterocycles. The molecule has 0 amide bonds. The third kappa shape index (κ3) is 3.93. The number of nitrogens with zero attached hydrogens (tertiary/aromatic N) is 7. The lowest BCUT2D eigenvalue weighted by Crippen LogP contribution is -2.02. The molecule has 0 saturated heterocycles. The van der Waals surface area contributed by atoms with Crippen molar-refractivity contribution >= 4 is 0 Å². The van der Waals surface area contributed by atoms with Gasteiger partial charge in [-0.1, -0.05) is 5.21 Å². The van der Waals surface area contributed by atoms with E-state index in [1.54, 1.807) is 24.8 Å². The Morgan fingerprint density at radius 1 is 1.10 bits per heavy atom. The molecule has 148 valence electrons. The van der Waals surface area contributed by atoms with Gasteiger partial charge in [-0.15, -0.1) is 5.10 Å². The van der Waals surface area contributed by atoms with Crippen LogP contribution in [-0.4, -0.2) is 34.5 Å². The molecule has 4 rings (SSSR count). The summed E-state index contributed by atoms with van der Waals surface area (Å²) in [4.78, 5) is 12.4. The van der Waals surface area contributed by atoms with Crippen LogP contribution in [0.25, 0.3) is 11.4 Å². The van der Waals surface area contributed by atoms with Crippen molar-refractivity contribution in [1.82, 2.24) is 34.5 Å². The van der Waals surface area contributed by atoms with Crippen molar-refractivity contribution in [3.05, 3.63) is 72.1 Å². The Hall–Kier alpha value is -3.76. The van der Waals surface area contributed by atoms with Crippen molar-refractivity contribution in [1.29, 1.82) is 0 Å². The van der Waals surface area contributed by atoms with E-state index in [0.717, 1.165) is 23.6 Å². The van der Waals surface area contributed by atoms with Crippen LogP contribution in [0.2, 0.25) is 0 Å². The molecule has 11 heteroatoms. The molecule has 8 nitrogen and oxygen atoms in total. The van der Waals surface area contributed by atoms with Crippen LogP contribution in [0.1, 0.15) is 23.5 Å². The van der Waals surface area contributed by atoms with Crippen molar-refractivity contribution in [3.63, 3.8) is 0 Å². The molecular weight excluding hydrogens is 387 g/mol. The maximum atomic E-state index is 13.4. The first-order chi connectivity index (χ1) is 14.0. The van der Waals surface area contributed by atoms with Gasteiger partial charge in [0, 0.05) is 12.4 Å². The van der Waals surface area contributed by atoms with Gasteiger partial charge in [-0.3, -0.25) is 0 Å². The molecule has 0 saturated carbocycles. The van der Waals surface area contributed by atoms with Crippen LogP contribution in [0, 0.1) is 12.7 Å². The molecule has 0 fully saturated rings. The summed E-state index contributed by atoms with van der Waals surface area (Å²) >= 11 is 0. The highest BCUT2D eigenvalue weighted by atomic mass is 19.3. The molecule has 4 aromatic rings. The molecule has 0 radical (unpaired) electrons. The minimum Gasteiger partial charge on any atom is -0.457 e. The molecule has 0 aliphatic heterocycles. The molecular formula is C18H14F3N7O. The summed E-state index contributed by atoms with van der Waals surface area (Å²) in [6, 6.07) is 3.47. The van der Waals surface area contributed by atoms with Crippen LogP contribution in [0.15, 0.2) is 49.2 Å². The average Bonchev–Trinajstić information content (AvgIpc) is 3.36. The van der Waals surface area contributed by atoms with Crippen molar-refractivity contribution < 1.29 is 17.9 Å². The zero-order chi connectivity index (χ0) is 20.4. The number of benzene rings is 1. The lowest BCUT2D eigenvalue weighted by atomic mass is 10.2. The number of halogens is 3. The van der Waals surface area contributed by atoms with Crippen molar-refractivity contribution in [2.75, 3.05) is 0 Å². The Balaban J connectivity index is 1.44. The largest absolute Gasteiger partial charge is 0.457 e. The fourth-order valence-electron chi connectivity index (χ4n) is 2.63. The van der Waals surface area contributed by atoms with Gasteiger partial charge in [0.2, 0.25) is 0 Å². The second-order valence-electron chi connectivity index (χ2n) is 6.02. The molecule has 1 aromatic carbocycles. The highest BCUT2D eigenvalue weighted by Gasteiger charge is 2.15. The van der Waals surface area contributed by atoms with E-state index in [4.69, 9.17) is 4.74 Å². The van der Waals surface area contributed by atoms with Crippen LogP contribution < -0.4 is 4.74 Å². The fourth-order valence-corrected chi connectivity index (χ4v) is 2.63. The van der Waals surface area contributed by atoms with E-state index in [9.17, 15) is 13.2 Å². The summed E-state index contributed by atoms with van der Waals surface area (Å²) in [5.41, 5.74) is 0.727. The van der Waals surface area contributed by atoms with Gasteiger partial charge in [0.1, 0.15) is 23.9 Å². The number of ether oxygens (including phenoxy) is 1. The molecule has 0 spiro atoms. The average molecular weight is 401 g/mol. The number of imidazole rings is 1. The van der Waals surface area contributed by atoms with E-state index in [1.165, 1.54) is 16.9 Å². The van der Waals surface area contributed by atoms with Crippen molar-refractivity contribution in [2.45, 2.75) is 20.0 Å². The third-order valence-electron chi connectivity index (χ3n) is 4.09. The number of alkyl halides is 2. The standard InChI is InChI=1S/C18H14F3N7O/c1-11-22-4-5-27(11)14-7-23-18(24-8-14)29-10-12-9-28(26-25-12)13-2-3-16(19)15(6-13)17(20)21/h2-9,17H,10H2,1H3. The first kappa shape index (κ1) is 18.6. The first-order valence-electron chi connectivity index (χ1n) is 8.45. The SMILES string of the molecule is Cc1nccn1-c1cnc(OCc2cn(-c3ccc(F)c(C(F)F)c3)nn2)nc1. The predicted octanol–water partition coefficient (Wildman–Crippen LogP) is 3.21. The summed E-state index contributed by atoms with van der Waals surface area (Å²) in [5.74, 6) is -0.173. The number of rotatable bonds is 6. The molecule has 0 unspecified atom stereocenters. The quantitative estimate of drug-likeness (QED) is 0.493. The molecule has 0 atom stereocenters. The lowest BCUT2D eigenvalue weighted by Gasteiger charge is -2.06. The molecule has 0 aliphatic carbocycles. The van der Waals surface area contributed by atoms with Gasteiger partial charge in [0.05, 0.1) is 35.5 Å². The van der Waals surface area contributed by atoms with Crippen LogP contribution in [0.3, 0.4) is 0 Å². The summed E-state index contributed by atoms with van der Waals surface area (Å²) in [5, 5.41) is 7.77. The Kier molecular flexibility index (Phi) is 4.94. The maximum absolute atomic E-state index is 13.4. The van der Waals surface area contributed by atoms with Gasteiger partial charge in [-0.05, 0) is 25.1 Å². The Bertz CT molecular complexity index is 1120. The molecule has 0 bridgehead atoms. The molecule has 3 heterocycles. The molecule has 0 N–H and O–H groups in total. The van der Waals surface area contributed by atoms with E-state index in [-0.39, 0.29) is 18.3 Å². The molecule has 0 aliphatic rings. The Labute approximate surface area is 162 Å². The monoisotopic (exact) mass is 401 g/mol. The smallest absolute Gasteiger partial charge is 0.316 e. The number of hydrogen-bond acceptors (Lipinski definition) is 6. The van der Waals surface area contributed by atoms with Gasteiger partial charge in [0.25, 0.3) is 6.43 Å². The molecule has 29 heavy (non-hydrogen) atoms. The minimum atomic E-state index is -2.92. The van der Waals surface area contributed by atoms with Gasteiger partial charge in [-0.25, -0.2) is 32.8 Å². The van der Waals surface area contributed by atoms with Crippen LogP contribution in [0.5, 0.6) is 6.01 Å². The Morgan fingerprint density at radius 3 is 2.59 bits per heavy atom. The first-order valence-corrected chi connectivity index (χ1v) is 8.45. The topological polar surface area (TPSA) is 83.5 Å². The highest BCUT2D eigenvalue weighted by Crippen LogP contribution is 2.24. The van der Waals surface area contributed by atoms with Crippen molar-refractivity contribution in [3.8, 4) is 17.4 Å². The Morgan fingerprint density at radius 2 is 1.90 bits per heavy atom. The van der Waals surface area contributed by atoms with E-state index >= 15 is 0 Å². The van der Waals surface area contributed by atoms with Gasteiger partial charge in [-0.2, -0.15) is 0 Å². The van der Waals surface area contributed by atoms with Gasteiger partial charge < -0.3 is 9.30 Å². The lowest BCUT2D eigenvalue weighted by molar-refractivity contribution is 0.146. The minimum absolute atomic E-state index is 0.0202.